The zero-order valence-corrected chi connectivity index (χ0v) is 22.7. The molecule has 2 aliphatic heterocycles. The van der Waals surface area contributed by atoms with Gasteiger partial charge >= 0.3 is 24.4 Å². The van der Waals surface area contributed by atoms with Gasteiger partial charge in [-0.1, -0.05) is 18.6 Å². The number of fused-ring (bicyclic) bond motifs is 1. The molecule has 211 valence electrons. The van der Waals surface area contributed by atoms with E-state index in [1.807, 2.05) is 23.8 Å². The fourth-order valence-corrected chi connectivity index (χ4v) is 7.39. The summed E-state index contributed by atoms with van der Waals surface area (Å²) in [6, 6.07) is 8.19. The van der Waals surface area contributed by atoms with Crippen molar-refractivity contribution in [3.05, 3.63) is 76.1 Å². The zero-order valence-electron chi connectivity index (χ0n) is 21.9. The van der Waals surface area contributed by atoms with Crippen LogP contribution < -0.4 is 5.69 Å². The molecule has 0 spiro atoms. The summed E-state index contributed by atoms with van der Waals surface area (Å²) in [5, 5.41) is 8.36. The summed E-state index contributed by atoms with van der Waals surface area (Å²) in [5.74, 6) is 0.260. The minimum absolute atomic E-state index is 0.0375. The first kappa shape index (κ1) is 26.9. The van der Waals surface area contributed by atoms with E-state index in [4.69, 9.17) is 0 Å². The molecule has 0 bridgehead atoms. The van der Waals surface area contributed by atoms with Crippen LogP contribution in [0.5, 0.6) is 0 Å². The van der Waals surface area contributed by atoms with Gasteiger partial charge in [-0.3, -0.25) is 8.97 Å². The van der Waals surface area contributed by atoms with Gasteiger partial charge in [0.1, 0.15) is 0 Å². The predicted molar refractivity (Wildman–Crippen MR) is 142 cm³/mol. The van der Waals surface area contributed by atoms with E-state index in [9.17, 15) is 26.4 Å². The first-order valence-corrected chi connectivity index (χ1v) is 14.9. The van der Waals surface area contributed by atoms with Crippen molar-refractivity contribution < 1.29 is 26.2 Å². The molecule has 0 unspecified atom stereocenters. The Hall–Kier alpha value is -3.32. The van der Waals surface area contributed by atoms with Gasteiger partial charge in [0.25, 0.3) is 0 Å². The van der Waals surface area contributed by atoms with Crippen LogP contribution in [0.1, 0.15) is 54.7 Å². The summed E-state index contributed by atoms with van der Waals surface area (Å²) in [7, 11) is -1.69. The van der Waals surface area contributed by atoms with E-state index in [-0.39, 0.29) is 35.8 Å². The molecule has 1 saturated heterocycles. The summed E-state index contributed by atoms with van der Waals surface area (Å²) in [6.07, 6.45) is 4.54. The molecule has 1 radical (unpaired) electrons. The molecule has 9 nitrogen and oxygen atoms in total. The Morgan fingerprint density at radius 2 is 1.93 bits per heavy atom. The van der Waals surface area contributed by atoms with Gasteiger partial charge in [-0.2, -0.15) is 17.5 Å². The molecule has 0 N–H and O–H groups in total. The highest BCUT2D eigenvalue weighted by Crippen LogP contribution is 2.46. The molecule has 2 fully saturated rings. The van der Waals surface area contributed by atoms with Gasteiger partial charge < -0.3 is 0 Å². The minimum atomic E-state index is -4.75. The molecule has 6 rings (SSSR count). The lowest BCUT2D eigenvalue weighted by molar-refractivity contribution is -0.480. The number of aromatic nitrogens is 2. The second-order valence-corrected chi connectivity index (χ2v) is 12.8. The van der Waals surface area contributed by atoms with E-state index in [1.165, 1.54) is 21.3 Å². The Morgan fingerprint density at radius 3 is 2.58 bits per heavy atom. The van der Waals surface area contributed by atoms with Crippen molar-refractivity contribution in [2.45, 2.75) is 50.7 Å². The van der Waals surface area contributed by atoms with Crippen LogP contribution in [-0.2, 0) is 22.7 Å². The third kappa shape index (κ3) is 4.78. The molecule has 1 atom stereocenters. The van der Waals surface area contributed by atoms with Gasteiger partial charge in [0, 0.05) is 25.5 Å². The van der Waals surface area contributed by atoms with Crippen molar-refractivity contribution in [3.63, 3.8) is 0 Å². The number of alkyl halides is 3. The normalized spacial score (nSPS) is 21.1. The van der Waals surface area contributed by atoms with Crippen molar-refractivity contribution >= 4 is 21.9 Å². The maximum atomic E-state index is 14.2. The summed E-state index contributed by atoms with van der Waals surface area (Å²) >= 11 is 0. The molecular weight excluding hydrogens is 545 g/mol. The molecule has 1 aliphatic carbocycles. The third-order valence-electron chi connectivity index (χ3n) is 8.09. The van der Waals surface area contributed by atoms with Gasteiger partial charge in [-0.25, -0.2) is 17.8 Å². The number of benzene rings is 1. The highest BCUT2D eigenvalue weighted by atomic mass is 32.2. The number of nitrogens with zero attached hydrogens (tertiary/aromatic N) is 6. The van der Waals surface area contributed by atoms with E-state index < -0.39 is 27.5 Å². The number of likely N-dealkylation sites (N-methyl/N-ethyl adjacent to an activating group) is 1. The molecule has 0 amide bonds. The second kappa shape index (κ2) is 9.95. The summed E-state index contributed by atoms with van der Waals surface area (Å²) < 4.78 is 72.8. The van der Waals surface area contributed by atoms with Crippen molar-refractivity contribution in [2.24, 2.45) is 16.1 Å². The maximum absolute atomic E-state index is 14.2. The number of halogens is 3. The predicted octanol–water partition coefficient (Wildman–Crippen LogP) is 4.54. The maximum Gasteiger partial charge on any atom is 0.418 e. The first-order valence-electron chi connectivity index (χ1n) is 13.3. The lowest BCUT2D eigenvalue weighted by atomic mass is 9.71. The van der Waals surface area contributed by atoms with E-state index in [2.05, 4.69) is 10.2 Å². The van der Waals surface area contributed by atoms with Crippen molar-refractivity contribution in [3.8, 4) is 5.69 Å². The Labute approximate surface area is 229 Å². The van der Waals surface area contributed by atoms with Crippen LogP contribution in [0.15, 0.2) is 57.7 Å². The number of hydrogen-bond acceptors (Lipinski definition) is 5. The Balaban J connectivity index is 1.43. The van der Waals surface area contributed by atoms with Crippen LogP contribution in [0, 0.1) is 12.1 Å². The van der Waals surface area contributed by atoms with Gasteiger partial charge in [-0.15, -0.1) is 0 Å². The Morgan fingerprint density at radius 1 is 1.12 bits per heavy atom. The highest BCUT2D eigenvalue weighted by molar-refractivity contribution is 7.89. The quantitative estimate of drug-likeness (QED) is 0.405. The first-order chi connectivity index (χ1) is 19.0. The largest absolute Gasteiger partial charge is 0.418 e. The van der Waals surface area contributed by atoms with Crippen LogP contribution in [0.25, 0.3) is 11.2 Å². The summed E-state index contributed by atoms with van der Waals surface area (Å²) in [4.78, 5) is 13.5. The van der Waals surface area contributed by atoms with Crippen molar-refractivity contribution in [1.29, 1.82) is 0 Å². The van der Waals surface area contributed by atoms with Crippen molar-refractivity contribution in [1.82, 2.24) is 13.3 Å². The molecule has 2 aromatic heterocycles. The number of rotatable bonds is 6. The van der Waals surface area contributed by atoms with E-state index >= 15 is 0 Å². The fourth-order valence-electron chi connectivity index (χ4n) is 5.81. The molecule has 4 heterocycles. The zero-order chi connectivity index (χ0) is 28.2. The third-order valence-corrected chi connectivity index (χ3v) is 10.00. The smallest absolute Gasteiger partial charge is 0.267 e. The number of imidazole rings is 1. The van der Waals surface area contributed by atoms with E-state index in [1.54, 1.807) is 18.5 Å². The van der Waals surface area contributed by atoms with Crippen molar-refractivity contribution in [2.75, 3.05) is 19.3 Å². The van der Waals surface area contributed by atoms with Crippen LogP contribution >= 0.6 is 0 Å². The van der Waals surface area contributed by atoms with Crippen LogP contribution in [-0.4, -0.2) is 52.0 Å². The molecule has 3 aromatic rings. The van der Waals surface area contributed by atoms with Gasteiger partial charge in [0.15, 0.2) is 0 Å². The topological polar surface area (TPSA) is 91.5 Å². The average Bonchev–Trinajstić information content (AvgIpc) is 3.44. The van der Waals surface area contributed by atoms with Crippen LogP contribution in [0.2, 0.25) is 0 Å². The van der Waals surface area contributed by atoms with Gasteiger partial charge in [0.05, 0.1) is 40.6 Å². The Kier molecular flexibility index (Phi) is 6.68. The summed E-state index contributed by atoms with van der Waals surface area (Å²) in [5.41, 5.74) is -0.501. The molecular formula is C27H29F3N6O3S+. The standard InChI is InChI=1S/C27H29F3N6O3S/c1-33-17-31-32-25(33)24(19-6-4-7-19)20-8-5-9-21(13-20)35-16-23-22(27(28,29)30)12-18(15-36(23)26(35)37)14-34-10-2-3-11-40(34,38)39/h5,8-9,12-13,15-17,19,24H,2-4,6-7,10-11,14H2,1H3/q+1/t24-/m1/s1. The monoisotopic (exact) mass is 574 g/mol. The Bertz CT molecular complexity index is 1690. The molecule has 1 aromatic carbocycles. The lowest BCUT2D eigenvalue weighted by Gasteiger charge is -2.34. The van der Waals surface area contributed by atoms with Gasteiger partial charge in [0.2, 0.25) is 10.0 Å². The number of azo groups is 1. The number of sulfonamides is 1. The molecule has 40 heavy (non-hydrogen) atoms. The molecule has 13 heteroatoms. The number of hydrogen-bond donors (Lipinski definition) is 0. The fraction of sp³-hybridized carbons (Fsp3) is 0.444. The lowest BCUT2D eigenvalue weighted by Crippen LogP contribution is -2.37. The van der Waals surface area contributed by atoms with E-state index in [0.29, 0.717) is 24.4 Å². The van der Waals surface area contributed by atoms with Crippen LogP contribution in [0.4, 0.5) is 13.2 Å². The second-order valence-electron chi connectivity index (χ2n) is 10.7. The van der Waals surface area contributed by atoms with E-state index in [0.717, 1.165) is 41.5 Å². The summed E-state index contributed by atoms with van der Waals surface area (Å²) in [6.45, 7) is 0.00727. The highest BCUT2D eigenvalue weighted by Gasteiger charge is 2.42. The minimum Gasteiger partial charge on any atom is -0.267 e. The number of pyridine rings is 1. The average molecular weight is 575 g/mol. The van der Waals surface area contributed by atoms with Gasteiger partial charge in [-0.05, 0) is 66.0 Å². The van der Waals surface area contributed by atoms with Crippen LogP contribution in [0.3, 0.4) is 0 Å². The molecule has 1 saturated carbocycles. The molecule has 3 aliphatic rings. The SMILES string of the molecule is C[N+]1=CN=N[C]1[C@@H](c1cccc(-n2cc3c(C(F)(F)F)cc(CN4CCCCS4(=O)=O)cn3c2=O)c1)C1CCC1.